The van der Waals surface area contributed by atoms with Gasteiger partial charge in [0.25, 0.3) is 0 Å². The molecule has 0 saturated carbocycles. The fourth-order valence-electron chi connectivity index (χ4n) is 3.19. The van der Waals surface area contributed by atoms with E-state index in [2.05, 4.69) is 10.1 Å². The van der Waals surface area contributed by atoms with Crippen LogP contribution in [0.25, 0.3) is 0 Å². The Morgan fingerprint density at radius 3 is 2.59 bits per heavy atom. The highest BCUT2D eigenvalue weighted by molar-refractivity contribution is 7.89. The van der Waals surface area contributed by atoms with Crippen molar-refractivity contribution >= 4 is 10.0 Å². The molecule has 146 valence electrons. The highest BCUT2D eigenvalue weighted by atomic mass is 32.2. The first-order valence-corrected chi connectivity index (χ1v) is 10.4. The molecule has 9 heteroatoms. The summed E-state index contributed by atoms with van der Waals surface area (Å²) in [6.45, 7) is 7.64. The van der Waals surface area contributed by atoms with Crippen LogP contribution in [-0.2, 0) is 15.4 Å². The minimum Gasteiger partial charge on any atom is -0.486 e. The third kappa shape index (κ3) is 3.41. The molecule has 0 radical (unpaired) electrons. The summed E-state index contributed by atoms with van der Waals surface area (Å²) in [6.07, 6.45) is 0.648. The summed E-state index contributed by atoms with van der Waals surface area (Å²) < 4.78 is 43.9. The minimum absolute atomic E-state index is 0.0967. The van der Waals surface area contributed by atoms with Crippen molar-refractivity contribution in [1.29, 1.82) is 0 Å². The van der Waals surface area contributed by atoms with Gasteiger partial charge in [0.05, 0.1) is 10.8 Å². The summed E-state index contributed by atoms with van der Waals surface area (Å²) >= 11 is 0. The molecule has 1 atom stereocenters. The Bertz CT molecular complexity index is 948. The predicted molar refractivity (Wildman–Crippen MR) is 96.5 cm³/mol. The van der Waals surface area contributed by atoms with Gasteiger partial charge < -0.3 is 14.0 Å². The van der Waals surface area contributed by atoms with Gasteiger partial charge in [0, 0.05) is 24.6 Å². The van der Waals surface area contributed by atoms with Crippen LogP contribution < -0.4 is 9.47 Å². The Labute approximate surface area is 158 Å². The van der Waals surface area contributed by atoms with Gasteiger partial charge in [-0.05, 0) is 18.6 Å². The zero-order valence-electron chi connectivity index (χ0n) is 15.6. The number of hydrogen-bond donors (Lipinski definition) is 0. The summed E-state index contributed by atoms with van der Waals surface area (Å²) in [5.74, 6) is 2.07. The number of fused-ring (bicyclic) bond motifs is 1. The first-order chi connectivity index (χ1) is 12.7. The Hall–Kier alpha value is -2.13. The molecule has 2 aliphatic rings. The molecule has 27 heavy (non-hydrogen) atoms. The largest absolute Gasteiger partial charge is 0.486 e. The van der Waals surface area contributed by atoms with Crippen molar-refractivity contribution in [1.82, 2.24) is 14.4 Å². The molecule has 0 unspecified atom stereocenters. The van der Waals surface area contributed by atoms with Crippen molar-refractivity contribution in [2.75, 3.05) is 26.3 Å². The molecule has 1 saturated heterocycles. The highest BCUT2D eigenvalue weighted by Crippen LogP contribution is 2.36. The number of sulfonamides is 1. The van der Waals surface area contributed by atoms with Crippen molar-refractivity contribution in [3.63, 3.8) is 0 Å². The van der Waals surface area contributed by atoms with E-state index in [4.69, 9.17) is 14.0 Å². The lowest BCUT2D eigenvalue weighted by molar-refractivity contribution is 0.171. The molecule has 0 amide bonds. The molecule has 0 bridgehead atoms. The first kappa shape index (κ1) is 18.2. The van der Waals surface area contributed by atoms with Crippen LogP contribution in [0.3, 0.4) is 0 Å². The van der Waals surface area contributed by atoms with Gasteiger partial charge in [0.1, 0.15) is 13.2 Å². The maximum atomic E-state index is 13.0. The molecule has 0 aliphatic carbocycles. The van der Waals surface area contributed by atoms with Crippen molar-refractivity contribution in [2.45, 2.75) is 43.4 Å². The molecule has 3 heterocycles. The monoisotopic (exact) mass is 393 g/mol. The number of hydrogen-bond acceptors (Lipinski definition) is 7. The van der Waals surface area contributed by atoms with Crippen LogP contribution >= 0.6 is 0 Å². The number of rotatable bonds is 3. The molecule has 4 rings (SSSR count). The Morgan fingerprint density at radius 2 is 1.89 bits per heavy atom. The fourth-order valence-corrected chi connectivity index (χ4v) is 4.70. The Balaban J connectivity index is 1.53. The van der Waals surface area contributed by atoms with Crippen LogP contribution in [0.2, 0.25) is 0 Å². The highest BCUT2D eigenvalue weighted by Gasteiger charge is 2.37. The molecule has 2 aliphatic heterocycles. The summed E-state index contributed by atoms with van der Waals surface area (Å²) in [5.41, 5.74) is -0.211. The maximum Gasteiger partial charge on any atom is 0.243 e. The number of aromatic nitrogens is 2. The second-order valence-electron chi connectivity index (χ2n) is 7.86. The van der Waals surface area contributed by atoms with E-state index in [1.165, 1.54) is 10.4 Å². The first-order valence-electron chi connectivity index (χ1n) is 8.99. The molecular formula is C18H23N3O5S. The van der Waals surface area contributed by atoms with E-state index in [9.17, 15) is 8.42 Å². The van der Waals surface area contributed by atoms with E-state index in [1.54, 1.807) is 12.1 Å². The summed E-state index contributed by atoms with van der Waals surface area (Å²) in [7, 11) is -3.63. The summed E-state index contributed by atoms with van der Waals surface area (Å²) in [6, 6.07) is 4.73. The number of benzene rings is 1. The van der Waals surface area contributed by atoms with E-state index in [1.807, 2.05) is 20.8 Å². The van der Waals surface area contributed by atoms with Gasteiger partial charge in [-0.3, -0.25) is 0 Å². The van der Waals surface area contributed by atoms with E-state index in [-0.39, 0.29) is 16.2 Å². The van der Waals surface area contributed by atoms with Crippen LogP contribution in [0.1, 0.15) is 44.8 Å². The van der Waals surface area contributed by atoms with E-state index < -0.39 is 10.0 Å². The lowest BCUT2D eigenvalue weighted by Crippen LogP contribution is -2.29. The quantitative estimate of drug-likeness (QED) is 0.790. The molecular weight excluding hydrogens is 370 g/mol. The van der Waals surface area contributed by atoms with Gasteiger partial charge in [-0.25, -0.2) is 8.42 Å². The van der Waals surface area contributed by atoms with Gasteiger partial charge in [-0.1, -0.05) is 25.9 Å². The summed E-state index contributed by atoms with van der Waals surface area (Å²) in [4.78, 5) is 4.68. The maximum absolute atomic E-state index is 13.0. The molecule has 1 aromatic heterocycles. The normalized spacial score (nSPS) is 20.8. The van der Waals surface area contributed by atoms with Crippen LogP contribution in [-0.4, -0.2) is 49.2 Å². The van der Waals surface area contributed by atoms with Crippen LogP contribution in [0, 0.1) is 0 Å². The third-order valence-electron chi connectivity index (χ3n) is 4.76. The van der Waals surface area contributed by atoms with E-state index in [0.29, 0.717) is 55.9 Å². The minimum atomic E-state index is -3.63. The zero-order valence-corrected chi connectivity index (χ0v) is 16.5. The number of nitrogens with zero attached hydrogens (tertiary/aromatic N) is 3. The molecule has 8 nitrogen and oxygen atoms in total. The van der Waals surface area contributed by atoms with Gasteiger partial charge in [-0.2, -0.15) is 9.29 Å². The Morgan fingerprint density at radius 1 is 1.15 bits per heavy atom. The van der Waals surface area contributed by atoms with E-state index >= 15 is 0 Å². The Kier molecular flexibility index (Phi) is 4.38. The topological polar surface area (TPSA) is 94.8 Å². The molecule has 0 spiro atoms. The van der Waals surface area contributed by atoms with Crippen LogP contribution in [0.4, 0.5) is 0 Å². The van der Waals surface area contributed by atoms with Gasteiger partial charge in [0.15, 0.2) is 17.3 Å². The predicted octanol–water partition coefficient (Wildman–Crippen LogP) is 2.32. The molecule has 0 N–H and O–H groups in total. The standard InChI is InChI=1S/C18H23N3O5S/c1-18(2,3)17-19-16(26-20-17)12-6-7-21(11-12)27(22,23)13-4-5-14-15(10-13)25-9-8-24-14/h4-5,10,12H,6-9,11H2,1-3H3/t12-/m1/s1. The average molecular weight is 393 g/mol. The van der Waals surface area contributed by atoms with Crippen molar-refractivity contribution in [3.8, 4) is 11.5 Å². The second kappa shape index (κ2) is 6.49. The van der Waals surface area contributed by atoms with Crippen molar-refractivity contribution < 1.29 is 22.4 Å². The van der Waals surface area contributed by atoms with Gasteiger partial charge in [0.2, 0.25) is 15.9 Å². The second-order valence-corrected chi connectivity index (χ2v) is 9.80. The van der Waals surface area contributed by atoms with Crippen LogP contribution in [0.5, 0.6) is 11.5 Å². The van der Waals surface area contributed by atoms with Crippen LogP contribution in [0.15, 0.2) is 27.6 Å². The fraction of sp³-hybridized carbons (Fsp3) is 0.556. The molecule has 1 aromatic carbocycles. The lowest BCUT2D eigenvalue weighted by atomic mass is 9.96. The molecule has 1 fully saturated rings. The third-order valence-corrected chi connectivity index (χ3v) is 6.63. The molecule has 2 aromatic rings. The van der Waals surface area contributed by atoms with E-state index in [0.717, 1.165) is 0 Å². The SMILES string of the molecule is CC(C)(C)c1noc([C@@H]2CCN(S(=O)(=O)c3ccc4c(c3)OCCO4)C2)n1. The number of ether oxygens (including phenoxy) is 2. The van der Waals surface area contributed by atoms with Crippen molar-refractivity contribution in [2.24, 2.45) is 0 Å². The lowest BCUT2D eigenvalue weighted by Gasteiger charge is -2.21. The van der Waals surface area contributed by atoms with Gasteiger partial charge >= 0.3 is 0 Å². The zero-order chi connectivity index (χ0) is 19.2. The van der Waals surface area contributed by atoms with Crippen molar-refractivity contribution in [3.05, 3.63) is 29.9 Å². The van der Waals surface area contributed by atoms with Gasteiger partial charge in [-0.15, -0.1) is 0 Å². The average Bonchev–Trinajstić information content (AvgIpc) is 3.30. The smallest absolute Gasteiger partial charge is 0.243 e. The summed E-state index contributed by atoms with van der Waals surface area (Å²) in [5, 5.41) is 4.04.